The summed E-state index contributed by atoms with van der Waals surface area (Å²) in [5.74, 6) is 0.0352. The second-order valence-electron chi connectivity index (χ2n) is 6.64. The molecule has 134 valence electrons. The summed E-state index contributed by atoms with van der Waals surface area (Å²) in [4.78, 5) is 19.1. The molecule has 3 rings (SSSR count). The van der Waals surface area contributed by atoms with Gasteiger partial charge in [-0.25, -0.2) is 4.98 Å². The Kier molecular flexibility index (Phi) is 6.04. The Morgan fingerprint density at radius 2 is 2.16 bits per heavy atom. The van der Waals surface area contributed by atoms with Crippen molar-refractivity contribution < 1.29 is 4.79 Å². The average molecular weight is 359 g/mol. The maximum Gasteiger partial charge on any atom is 0.225 e. The lowest BCUT2D eigenvalue weighted by molar-refractivity contribution is -0.116. The maximum atomic E-state index is 12.3. The first-order chi connectivity index (χ1) is 12.1. The molecule has 25 heavy (non-hydrogen) atoms. The molecule has 1 unspecified atom stereocenters. The zero-order valence-corrected chi connectivity index (χ0v) is 15.7. The number of aromatic nitrogens is 1. The lowest BCUT2D eigenvalue weighted by atomic mass is 10.2. The van der Waals surface area contributed by atoms with Gasteiger partial charge in [0.2, 0.25) is 5.91 Å². The maximum absolute atomic E-state index is 12.3. The van der Waals surface area contributed by atoms with Gasteiger partial charge in [-0.3, -0.25) is 4.79 Å². The molecule has 1 atom stereocenters. The van der Waals surface area contributed by atoms with Crippen LogP contribution in [0.3, 0.4) is 0 Å². The van der Waals surface area contributed by atoms with Crippen molar-refractivity contribution in [2.75, 3.05) is 23.3 Å². The van der Waals surface area contributed by atoms with Gasteiger partial charge in [-0.05, 0) is 44.9 Å². The topological polar surface area (TPSA) is 57.3 Å². The van der Waals surface area contributed by atoms with E-state index < -0.39 is 0 Å². The van der Waals surface area contributed by atoms with Crippen molar-refractivity contribution in [1.29, 1.82) is 0 Å². The number of thiazole rings is 1. The van der Waals surface area contributed by atoms with Crippen LogP contribution in [0.4, 0.5) is 11.4 Å². The van der Waals surface area contributed by atoms with Crippen LogP contribution in [0.5, 0.6) is 0 Å². The van der Waals surface area contributed by atoms with Crippen LogP contribution in [-0.4, -0.2) is 30.0 Å². The van der Waals surface area contributed by atoms with Crippen LogP contribution in [0.2, 0.25) is 0 Å². The molecule has 1 aliphatic heterocycles. The Balaban J connectivity index is 1.47. The van der Waals surface area contributed by atoms with Gasteiger partial charge in [0.15, 0.2) is 0 Å². The average Bonchev–Trinajstić information content (AvgIpc) is 3.24. The minimum atomic E-state index is 0.0352. The standard InChI is InChI=1S/C19H26N4OS/c1-14(20-12-17-13-25-15(2)21-17)10-19(24)22-16-6-5-7-18(11-16)23-8-3-4-9-23/h5-7,11,13-14,20H,3-4,8-10,12H2,1-2H3,(H,22,24). The SMILES string of the molecule is Cc1nc(CNC(C)CC(=O)Nc2cccc(N3CCCC3)c2)cs1. The lowest BCUT2D eigenvalue weighted by Gasteiger charge is -2.19. The summed E-state index contributed by atoms with van der Waals surface area (Å²) in [5.41, 5.74) is 3.10. The number of hydrogen-bond acceptors (Lipinski definition) is 5. The molecule has 6 heteroatoms. The predicted molar refractivity (Wildman–Crippen MR) is 104 cm³/mol. The van der Waals surface area contributed by atoms with Gasteiger partial charge in [0.1, 0.15) is 0 Å². The fourth-order valence-electron chi connectivity index (χ4n) is 3.09. The molecule has 1 amide bonds. The monoisotopic (exact) mass is 358 g/mol. The fourth-order valence-corrected chi connectivity index (χ4v) is 3.70. The van der Waals surface area contributed by atoms with E-state index in [1.54, 1.807) is 11.3 Å². The van der Waals surface area contributed by atoms with Crippen LogP contribution in [-0.2, 0) is 11.3 Å². The molecule has 0 saturated carbocycles. The number of hydrogen-bond donors (Lipinski definition) is 2. The molecule has 0 spiro atoms. The van der Waals surface area contributed by atoms with E-state index in [1.807, 2.05) is 26.0 Å². The number of amides is 1. The lowest BCUT2D eigenvalue weighted by Crippen LogP contribution is -2.30. The molecule has 0 bridgehead atoms. The third-order valence-electron chi connectivity index (χ3n) is 4.39. The molecule has 2 aromatic rings. The van der Waals surface area contributed by atoms with Crippen molar-refractivity contribution in [2.24, 2.45) is 0 Å². The van der Waals surface area contributed by atoms with Crippen LogP contribution >= 0.6 is 11.3 Å². The summed E-state index contributed by atoms with van der Waals surface area (Å²) in [6.07, 6.45) is 2.94. The Morgan fingerprint density at radius 3 is 2.88 bits per heavy atom. The minimum absolute atomic E-state index is 0.0352. The smallest absolute Gasteiger partial charge is 0.225 e. The summed E-state index contributed by atoms with van der Waals surface area (Å²) in [6.45, 7) is 6.94. The first-order valence-electron chi connectivity index (χ1n) is 8.89. The molecule has 2 N–H and O–H groups in total. The summed E-state index contributed by atoms with van der Waals surface area (Å²) in [6, 6.07) is 8.24. The molecule has 1 aliphatic rings. The van der Waals surface area contributed by atoms with Crippen molar-refractivity contribution in [2.45, 2.75) is 45.7 Å². The number of aryl methyl sites for hydroxylation is 1. The summed E-state index contributed by atoms with van der Waals surface area (Å²) >= 11 is 1.65. The van der Waals surface area contributed by atoms with E-state index in [9.17, 15) is 4.79 Å². The van der Waals surface area contributed by atoms with Crippen LogP contribution < -0.4 is 15.5 Å². The number of anilines is 2. The molecule has 0 radical (unpaired) electrons. The minimum Gasteiger partial charge on any atom is -0.371 e. The molecular formula is C19H26N4OS. The number of carbonyl (C=O) groups is 1. The normalized spacial score (nSPS) is 15.4. The van der Waals surface area contributed by atoms with E-state index in [1.165, 1.54) is 18.5 Å². The summed E-state index contributed by atoms with van der Waals surface area (Å²) in [7, 11) is 0. The number of carbonyl (C=O) groups excluding carboxylic acids is 1. The zero-order valence-electron chi connectivity index (χ0n) is 14.9. The van der Waals surface area contributed by atoms with Crippen molar-refractivity contribution >= 4 is 28.6 Å². The highest BCUT2D eigenvalue weighted by atomic mass is 32.1. The van der Waals surface area contributed by atoms with E-state index in [-0.39, 0.29) is 11.9 Å². The highest BCUT2D eigenvalue weighted by molar-refractivity contribution is 7.09. The Labute approximate surface area is 153 Å². The van der Waals surface area contributed by atoms with E-state index >= 15 is 0 Å². The van der Waals surface area contributed by atoms with Crippen molar-refractivity contribution in [1.82, 2.24) is 10.3 Å². The summed E-state index contributed by atoms with van der Waals surface area (Å²) < 4.78 is 0. The van der Waals surface area contributed by atoms with Gasteiger partial charge in [-0.15, -0.1) is 11.3 Å². The highest BCUT2D eigenvalue weighted by Crippen LogP contribution is 2.23. The van der Waals surface area contributed by atoms with Gasteiger partial charge in [-0.1, -0.05) is 6.07 Å². The van der Waals surface area contributed by atoms with Crippen LogP contribution in [0.15, 0.2) is 29.6 Å². The van der Waals surface area contributed by atoms with Gasteiger partial charge < -0.3 is 15.5 Å². The molecule has 2 heterocycles. The van der Waals surface area contributed by atoms with Crippen molar-refractivity contribution in [3.63, 3.8) is 0 Å². The van der Waals surface area contributed by atoms with E-state index in [0.29, 0.717) is 13.0 Å². The molecule has 1 aromatic heterocycles. The van der Waals surface area contributed by atoms with Crippen LogP contribution in [0, 0.1) is 6.92 Å². The molecule has 1 aromatic carbocycles. The Bertz CT molecular complexity index is 709. The van der Waals surface area contributed by atoms with E-state index in [0.717, 1.165) is 29.5 Å². The Morgan fingerprint density at radius 1 is 1.36 bits per heavy atom. The molecule has 5 nitrogen and oxygen atoms in total. The third-order valence-corrected chi connectivity index (χ3v) is 5.21. The van der Waals surface area contributed by atoms with Gasteiger partial charge in [-0.2, -0.15) is 0 Å². The van der Waals surface area contributed by atoms with Gasteiger partial charge >= 0.3 is 0 Å². The van der Waals surface area contributed by atoms with Crippen LogP contribution in [0.1, 0.15) is 36.9 Å². The molecule has 1 fully saturated rings. The zero-order chi connectivity index (χ0) is 17.6. The van der Waals surface area contributed by atoms with Gasteiger partial charge in [0.25, 0.3) is 0 Å². The number of rotatable bonds is 7. The molecular weight excluding hydrogens is 332 g/mol. The predicted octanol–water partition coefficient (Wildman–Crippen LogP) is 3.56. The van der Waals surface area contributed by atoms with E-state index in [4.69, 9.17) is 0 Å². The first-order valence-corrected chi connectivity index (χ1v) is 9.77. The second-order valence-corrected chi connectivity index (χ2v) is 7.70. The van der Waals surface area contributed by atoms with Crippen molar-refractivity contribution in [3.05, 3.63) is 40.3 Å². The number of nitrogens with zero attached hydrogens (tertiary/aromatic N) is 2. The first kappa shape index (κ1) is 17.9. The summed E-state index contributed by atoms with van der Waals surface area (Å²) in [5, 5.41) is 9.50. The van der Waals surface area contributed by atoms with Crippen LogP contribution in [0.25, 0.3) is 0 Å². The van der Waals surface area contributed by atoms with Gasteiger partial charge in [0, 0.05) is 48.9 Å². The van der Waals surface area contributed by atoms with Crippen molar-refractivity contribution in [3.8, 4) is 0 Å². The molecule has 0 aliphatic carbocycles. The largest absolute Gasteiger partial charge is 0.371 e. The third kappa shape index (κ3) is 5.28. The Hall–Kier alpha value is -1.92. The second kappa shape index (κ2) is 8.45. The fraction of sp³-hybridized carbons (Fsp3) is 0.474. The highest BCUT2D eigenvalue weighted by Gasteiger charge is 2.14. The number of benzene rings is 1. The quantitative estimate of drug-likeness (QED) is 0.795. The molecule has 1 saturated heterocycles. The number of nitrogens with one attached hydrogen (secondary N) is 2. The van der Waals surface area contributed by atoms with Gasteiger partial charge in [0.05, 0.1) is 10.7 Å². The van der Waals surface area contributed by atoms with E-state index in [2.05, 4.69) is 38.0 Å².